The monoisotopic (exact) mass is 358 g/mol. The summed E-state index contributed by atoms with van der Waals surface area (Å²) >= 11 is 10.2. The molecule has 0 N–H and O–H groups in total. The smallest absolute Gasteiger partial charge is 0.0631 e. The van der Waals surface area contributed by atoms with Crippen molar-refractivity contribution < 1.29 is 0 Å². The molecule has 0 heterocycles. The molecule has 0 aliphatic rings. The first-order valence-corrected chi connectivity index (χ1v) is 8.25. The van der Waals surface area contributed by atoms with E-state index in [1.807, 2.05) is 6.07 Å². The molecule has 0 saturated heterocycles. The minimum absolute atomic E-state index is 0.0233. The van der Waals surface area contributed by atoms with Gasteiger partial charge >= 0.3 is 0 Å². The summed E-state index contributed by atoms with van der Waals surface area (Å²) in [5, 5.41) is 2.52. The Balaban J connectivity index is 1.98. The van der Waals surface area contributed by atoms with Crippen LogP contribution in [0.5, 0.6) is 0 Å². The molecule has 0 spiro atoms. The van der Waals surface area contributed by atoms with Crippen LogP contribution in [-0.4, -0.2) is 0 Å². The molecule has 2 heteroatoms. The van der Waals surface area contributed by atoms with Crippen molar-refractivity contribution in [2.24, 2.45) is 0 Å². The molecule has 1 atom stereocenters. The summed E-state index contributed by atoms with van der Waals surface area (Å²) in [6.07, 6.45) is 0.827. The number of benzene rings is 3. The molecular formula is C19H16BrCl. The van der Waals surface area contributed by atoms with Gasteiger partial charge in [0.2, 0.25) is 0 Å². The fourth-order valence-electron chi connectivity index (χ4n) is 2.73. The van der Waals surface area contributed by atoms with E-state index in [-0.39, 0.29) is 5.38 Å². The predicted molar refractivity (Wildman–Crippen MR) is 95.1 cm³/mol. The molecule has 21 heavy (non-hydrogen) atoms. The number of halogens is 2. The maximum Gasteiger partial charge on any atom is 0.0631 e. The van der Waals surface area contributed by atoms with Gasteiger partial charge in [0.15, 0.2) is 0 Å². The van der Waals surface area contributed by atoms with E-state index in [0.29, 0.717) is 0 Å². The highest BCUT2D eigenvalue weighted by Gasteiger charge is 2.13. The lowest BCUT2D eigenvalue weighted by molar-refractivity contribution is 0.927. The maximum atomic E-state index is 6.71. The van der Waals surface area contributed by atoms with E-state index in [0.717, 1.165) is 10.9 Å². The molecule has 0 fully saturated rings. The van der Waals surface area contributed by atoms with Crippen LogP contribution in [0.2, 0.25) is 0 Å². The zero-order valence-corrected chi connectivity index (χ0v) is 14.2. The van der Waals surface area contributed by atoms with Crippen LogP contribution in [-0.2, 0) is 6.42 Å². The minimum atomic E-state index is -0.0233. The van der Waals surface area contributed by atoms with Crippen LogP contribution in [0, 0.1) is 6.92 Å². The summed E-state index contributed by atoms with van der Waals surface area (Å²) in [5.41, 5.74) is 3.74. The van der Waals surface area contributed by atoms with Crippen molar-refractivity contribution in [3.05, 3.63) is 81.8 Å². The Labute approximate surface area is 138 Å². The van der Waals surface area contributed by atoms with E-state index < -0.39 is 0 Å². The molecule has 0 aromatic heterocycles. The van der Waals surface area contributed by atoms with Gasteiger partial charge in [-0.1, -0.05) is 64.5 Å². The lowest BCUT2D eigenvalue weighted by Gasteiger charge is -2.14. The molecular weight excluding hydrogens is 344 g/mol. The van der Waals surface area contributed by atoms with Crippen molar-refractivity contribution in [3.8, 4) is 0 Å². The third-order valence-corrected chi connectivity index (χ3v) is 4.70. The van der Waals surface area contributed by atoms with Crippen molar-refractivity contribution in [2.45, 2.75) is 18.7 Å². The summed E-state index contributed by atoms with van der Waals surface area (Å²) in [6, 6.07) is 21.1. The molecule has 3 rings (SSSR count). The fourth-order valence-corrected chi connectivity index (χ4v) is 3.54. The first-order chi connectivity index (χ1) is 10.1. The molecule has 0 radical (unpaired) electrons. The number of hydrogen-bond donors (Lipinski definition) is 0. The average Bonchev–Trinajstić information content (AvgIpc) is 2.48. The molecule has 3 aromatic rings. The number of alkyl halides is 1. The highest BCUT2D eigenvalue weighted by atomic mass is 79.9. The summed E-state index contributed by atoms with van der Waals surface area (Å²) in [5.74, 6) is 0. The SMILES string of the molecule is Cc1ccc(C(Cl)Cc2cccc(Br)c2)c2ccccc12. The van der Waals surface area contributed by atoms with Crippen molar-refractivity contribution in [3.63, 3.8) is 0 Å². The number of rotatable bonds is 3. The lowest BCUT2D eigenvalue weighted by Crippen LogP contribution is -1.98. The van der Waals surface area contributed by atoms with Crippen LogP contribution >= 0.6 is 27.5 Å². The molecule has 0 saturated carbocycles. The minimum Gasteiger partial charge on any atom is -0.117 e. The first kappa shape index (κ1) is 14.6. The molecule has 0 amide bonds. The third-order valence-electron chi connectivity index (χ3n) is 3.82. The van der Waals surface area contributed by atoms with Crippen LogP contribution in [0.15, 0.2) is 65.1 Å². The highest BCUT2D eigenvalue weighted by Crippen LogP contribution is 2.33. The van der Waals surface area contributed by atoms with E-state index in [1.165, 1.54) is 27.5 Å². The molecule has 0 nitrogen and oxygen atoms in total. The third kappa shape index (κ3) is 3.14. The zero-order chi connectivity index (χ0) is 14.8. The van der Waals surface area contributed by atoms with Crippen molar-refractivity contribution >= 4 is 38.3 Å². The Morgan fingerprint density at radius 2 is 1.71 bits per heavy atom. The van der Waals surface area contributed by atoms with E-state index in [2.05, 4.69) is 77.5 Å². The van der Waals surface area contributed by atoms with Gasteiger partial charge in [-0.15, -0.1) is 11.6 Å². The van der Waals surface area contributed by atoms with Gasteiger partial charge in [0, 0.05) is 4.47 Å². The number of aryl methyl sites for hydroxylation is 1. The second kappa shape index (κ2) is 6.21. The van der Waals surface area contributed by atoms with Crippen LogP contribution in [0.3, 0.4) is 0 Å². The van der Waals surface area contributed by atoms with Gasteiger partial charge in [0.25, 0.3) is 0 Å². The van der Waals surface area contributed by atoms with E-state index in [9.17, 15) is 0 Å². The predicted octanol–water partition coefficient (Wildman–Crippen LogP) is 6.43. The van der Waals surface area contributed by atoms with Gasteiger partial charge in [-0.3, -0.25) is 0 Å². The molecule has 0 bridgehead atoms. The van der Waals surface area contributed by atoms with Crippen LogP contribution in [0.1, 0.15) is 22.1 Å². The topological polar surface area (TPSA) is 0 Å². The second-order valence-corrected chi connectivity index (χ2v) is 6.76. The first-order valence-electron chi connectivity index (χ1n) is 7.02. The van der Waals surface area contributed by atoms with Crippen LogP contribution in [0.4, 0.5) is 0 Å². The van der Waals surface area contributed by atoms with Crippen molar-refractivity contribution in [1.82, 2.24) is 0 Å². The molecule has 1 unspecified atom stereocenters. The number of fused-ring (bicyclic) bond motifs is 1. The Bertz CT molecular complexity index is 779. The average molecular weight is 360 g/mol. The van der Waals surface area contributed by atoms with E-state index in [1.54, 1.807) is 0 Å². The Hall–Kier alpha value is -1.31. The Morgan fingerprint density at radius 1 is 0.952 bits per heavy atom. The quantitative estimate of drug-likeness (QED) is 0.472. The summed E-state index contributed by atoms with van der Waals surface area (Å²) in [6.45, 7) is 2.14. The Kier molecular flexibility index (Phi) is 4.32. The molecule has 0 aliphatic heterocycles. The second-order valence-electron chi connectivity index (χ2n) is 5.32. The van der Waals surface area contributed by atoms with Gasteiger partial charge in [-0.2, -0.15) is 0 Å². The highest BCUT2D eigenvalue weighted by molar-refractivity contribution is 9.10. The Morgan fingerprint density at radius 3 is 2.48 bits per heavy atom. The maximum absolute atomic E-state index is 6.71. The largest absolute Gasteiger partial charge is 0.117 e. The van der Waals surface area contributed by atoms with Gasteiger partial charge in [-0.25, -0.2) is 0 Å². The summed E-state index contributed by atoms with van der Waals surface area (Å²) < 4.78 is 1.10. The standard InChI is InChI=1S/C19H16BrCl/c1-13-9-10-18(17-8-3-2-7-16(13)17)19(21)12-14-5-4-6-15(20)11-14/h2-11,19H,12H2,1H3. The fraction of sp³-hybridized carbons (Fsp3) is 0.158. The van der Waals surface area contributed by atoms with Crippen molar-refractivity contribution in [2.75, 3.05) is 0 Å². The number of hydrogen-bond acceptors (Lipinski definition) is 0. The molecule has 0 aliphatic carbocycles. The van der Waals surface area contributed by atoms with Gasteiger partial charge in [0.05, 0.1) is 5.38 Å². The summed E-state index contributed by atoms with van der Waals surface area (Å²) in [7, 11) is 0. The zero-order valence-electron chi connectivity index (χ0n) is 11.8. The van der Waals surface area contributed by atoms with Gasteiger partial charge < -0.3 is 0 Å². The molecule has 3 aromatic carbocycles. The van der Waals surface area contributed by atoms with Gasteiger partial charge in [0.1, 0.15) is 0 Å². The van der Waals surface area contributed by atoms with Crippen LogP contribution < -0.4 is 0 Å². The molecule has 106 valence electrons. The summed E-state index contributed by atoms with van der Waals surface area (Å²) in [4.78, 5) is 0. The normalized spacial score (nSPS) is 12.5. The lowest BCUT2D eigenvalue weighted by atomic mass is 9.95. The van der Waals surface area contributed by atoms with Gasteiger partial charge in [-0.05, 0) is 52.9 Å². The van der Waals surface area contributed by atoms with E-state index >= 15 is 0 Å². The van der Waals surface area contributed by atoms with E-state index in [4.69, 9.17) is 11.6 Å². The van der Waals surface area contributed by atoms with Crippen molar-refractivity contribution in [1.29, 1.82) is 0 Å². The van der Waals surface area contributed by atoms with Crippen LogP contribution in [0.25, 0.3) is 10.8 Å².